The Bertz CT molecular complexity index is 1590. The molecule has 3 heterocycles. The second kappa shape index (κ2) is 6.77. The SMILES string of the molecule is Cc1ccc(-c2c3c(C)nn(-c4ccccc4)c3nc3c2c(=O)n(C)c(=O)n3C)cc1. The standard InChI is InChI=1S/C24H21N5O2/c1-14-10-12-16(13-11-14)19-18-15(2)26-29(17-8-6-5-7-9-17)22(18)25-21-20(19)23(30)28(4)24(31)27(21)3/h5-13H,1-4H3. The van der Waals surface area contributed by atoms with Crippen LogP contribution in [0.2, 0.25) is 0 Å². The number of nitrogens with zero attached hydrogens (tertiary/aromatic N) is 5. The number of para-hydroxylation sites is 1. The number of aromatic nitrogens is 5. The molecular formula is C24H21N5O2. The first kappa shape index (κ1) is 19.0. The molecule has 0 amide bonds. The summed E-state index contributed by atoms with van der Waals surface area (Å²) < 4.78 is 4.32. The maximum Gasteiger partial charge on any atom is 0.332 e. The van der Waals surface area contributed by atoms with Crippen molar-refractivity contribution in [3.05, 3.63) is 86.7 Å². The topological polar surface area (TPSA) is 74.7 Å². The van der Waals surface area contributed by atoms with Crippen LogP contribution in [0.15, 0.2) is 64.2 Å². The molecule has 154 valence electrons. The number of hydrogen-bond donors (Lipinski definition) is 0. The third kappa shape index (κ3) is 2.73. The summed E-state index contributed by atoms with van der Waals surface area (Å²) in [6.45, 7) is 3.94. The van der Waals surface area contributed by atoms with Crippen LogP contribution in [-0.4, -0.2) is 23.9 Å². The lowest BCUT2D eigenvalue weighted by molar-refractivity contribution is 0.708. The van der Waals surface area contributed by atoms with Gasteiger partial charge >= 0.3 is 5.69 Å². The van der Waals surface area contributed by atoms with Crippen molar-refractivity contribution in [2.24, 2.45) is 14.1 Å². The van der Waals surface area contributed by atoms with Gasteiger partial charge in [0.05, 0.1) is 22.2 Å². The molecule has 0 fully saturated rings. The summed E-state index contributed by atoms with van der Waals surface area (Å²) in [7, 11) is 3.13. The lowest BCUT2D eigenvalue weighted by Gasteiger charge is -2.13. The molecule has 0 saturated carbocycles. The highest BCUT2D eigenvalue weighted by Crippen LogP contribution is 2.35. The molecule has 7 nitrogen and oxygen atoms in total. The van der Waals surface area contributed by atoms with E-state index in [1.807, 2.05) is 68.4 Å². The maximum absolute atomic E-state index is 13.3. The molecule has 0 aliphatic carbocycles. The minimum Gasteiger partial charge on any atom is -0.280 e. The molecule has 0 aliphatic heterocycles. The van der Waals surface area contributed by atoms with E-state index in [0.717, 1.165) is 38.0 Å². The summed E-state index contributed by atoms with van der Waals surface area (Å²) in [4.78, 5) is 30.7. The summed E-state index contributed by atoms with van der Waals surface area (Å²) in [5.74, 6) is 0. The van der Waals surface area contributed by atoms with E-state index in [9.17, 15) is 9.59 Å². The van der Waals surface area contributed by atoms with Crippen molar-refractivity contribution in [2.45, 2.75) is 13.8 Å². The van der Waals surface area contributed by atoms with Gasteiger partial charge in [-0.15, -0.1) is 0 Å². The molecule has 0 unspecified atom stereocenters. The Morgan fingerprint density at radius 3 is 2.13 bits per heavy atom. The highest BCUT2D eigenvalue weighted by atomic mass is 16.2. The molecule has 0 atom stereocenters. The number of fused-ring (bicyclic) bond motifs is 2. The first-order chi connectivity index (χ1) is 14.9. The Morgan fingerprint density at radius 2 is 1.45 bits per heavy atom. The van der Waals surface area contributed by atoms with Crippen LogP contribution < -0.4 is 11.2 Å². The van der Waals surface area contributed by atoms with E-state index in [1.54, 1.807) is 11.7 Å². The second-order valence-corrected chi connectivity index (χ2v) is 7.79. The zero-order valence-electron chi connectivity index (χ0n) is 17.7. The van der Waals surface area contributed by atoms with E-state index in [2.05, 4.69) is 0 Å². The third-order valence-corrected chi connectivity index (χ3v) is 5.72. The first-order valence-electron chi connectivity index (χ1n) is 10.00. The molecule has 7 heteroatoms. The molecule has 0 radical (unpaired) electrons. The van der Waals surface area contributed by atoms with Gasteiger partial charge in [0.25, 0.3) is 5.56 Å². The quantitative estimate of drug-likeness (QED) is 0.447. The van der Waals surface area contributed by atoms with Gasteiger partial charge in [0.2, 0.25) is 0 Å². The van der Waals surface area contributed by atoms with Crippen LogP contribution in [0.3, 0.4) is 0 Å². The third-order valence-electron chi connectivity index (χ3n) is 5.72. The molecular weight excluding hydrogens is 390 g/mol. The number of hydrogen-bond acceptors (Lipinski definition) is 4. The van der Waals surface area contributed by atoms with Crippen molar-refractivity contribution in [1.29, 1.82) is 0 Å². The van der Waals surface area contributed by atoms with E-state index >= 15 is 0 Å². The highest BCUT2D eigenvalue weighted by Gasteiger charge is 2.23. The average Bonchev–Trinajstić information content (AvgIpc) is 3.12. The van der Waals surface area contributed by atoms with E-state index in [0.29, 0.717) is 16.7 Å². The van der Waals surface area contributed by atoms with Crippen molar-refractivity contribution in [3.63, 3.8) is 0 Å². The van der Waals surface area contributed by atoms with Crippen LogP contribution in [0.1, 0.15) is 11.3 Å². The molecule has 0 bridgehead atoms. The van der Waals surface area contributed by atoms with Gasteiger partial charge in [-0.3, -0.25) is 13.9 Å². The summed E-state index contributed by atoms with van der Waals surface area (Å²) in [5.41, 5.74) is 4.54. The van der Waals surface area contributed by atoms with Gasteiger partial charge in [-0.25, -0.2) is 14.5 Å². The van der Waals surface area contributed by atoms with Crippen LogP contribution >= 0.6 is 0 Å². The van der Waals surface area contributed by atoms with Crippen molar-refractivity contribution >= 4 is 22.1 Å². The fraction of sp³-hybridized carbons (Fsp3) is 0.167. The van der Waals surface area contributed by atoms with Crippen LogP contribution in [0.25, 0.3) is 38.9 Å². The summed E-state index contributed by atoms with van der Waals surface area (Å²) in [5, 5.41) is 5.96. The second-order valence-electron chi connectivity index (χ2n) is 7.79. The van der Waals surface area contributed by atoms with Gasteiger partial charge in [-0.05, 0) is 31.5 Å². The largest absolute Gasteiger partial charge is 0.332 e. The van der Waals surface area contributed by atoms with Crippen molar-refractivity contribution in [2.75, 3.05) is 0 Å². The Hall–Kier alpha value is -4.00. The Balaban J connectivity index is 2.07. The fourth-order valence-electron chi connectivity index (χ4n) is 4.08. The van der Waals surface area contributed by atoms with Gasteiger partial charge in [-0.2, -0.15) is 5.10 Å². The molecule has 3 aromatic heterocycles. The molecule has 0 spiro atoms. The van der Waals surface area contributed by atoms with Gasteiger partial charge in [0.1, 0.15) is 0 Å². The normalized spacial score (nSPS) is 11.5. The Labute approximate surface area is 177 Å². The minimum atomic E-state index is -0.415. The number of aryl methyl sites for hydroxylation is 3. The minimum absolute atomic E-state index is 0.341. The smallest absolute Gasteiger partial charge is 0.280 e. The van der Waals surface area contributed by atoms with E-state index in [-0.39, 0.29) is 5.56 Å². The van der Waals surface area contributed by atoms with Crippen LogP contribution in [-0.2, 0) is 14.1 Å². The van der Waals surface area contributed by atoms with Gasteiger partial charge in [0.15, 0.2) is 11.3 Å². The van der Waals surface area contributed by atoms with E-state index in [4.69, 9.17) is 10.1 Å². The lowest BCUT2D eigenvalue weighted by atomic mass is 9.98. The lowest BCUT2D eigenvalue weighted by Crippen LogP contribution is -2.37. The summed E-state index contributed by atoms with van der Waals surface area (Å²) in [6, 6.07) is 17.7. The molecule has 0 N–H and O–H groups in total. The van der Waals surface area contributed by atoms with Crippen LogP contribution in [0.4, 0.5) is 0 Å². The molecule has 5 rings (SSSR count). The zero-order valence-corrected chi connectivity index (χ0v) is 17.7. The Kier molecular flexibility index (Phi) is 4.15. The predicted molar refractivity (Wildman–Crippen MR) is 122 cm³/mol. The molecule has 2 aromatic carbocycles. The number of pyridine rings is 1. The summed E-state index contributed by atoms with van der Waals surface area (Å²) in [6.07, 6.45) is 0. The van der Waals surface area contributed by atoms with Gasteiger partial charge in [-0.1, -0.05) is 48.0 Å². The van der Waals surface area contributed by atoms with Crippen molar-refractivity contribution in [1.82, 2.24) is 23.9 Å². The maximum atomic E-state index is 13.3. The molecule has 0 aliphatic rings. The number of rotatable bonds is 2. The first-order valence-corrected chi connectivity index (χ1v) is 10.00. The van der Waals surface area contributed by atoms with Crippen LogP contribution in [0.5, 0.6) is 0 Å². The monoisotopic (exact) mass is 411 g/mol. The van der Waals surface area contributed by atoms with E-state index in [1.165, 1.54) is 11.6 Å². The van der Waals surface area contributed by atoms with Crippen LogP contribution in [0, 0.1) is 13.8 Å². The summed E-state index contributed by atoms with van der Waals surface area (Å²) >= 11 is 0. The molecule has 31 heavy (non-hydrogen) atoms. The number of benzene rings is 2. The van der Waals surface area contributed by atoms with Gasteiger partial charge < -0.3 is 0 Å². The molecule has 0 saturated heterocycles. The van der Waals surface area contributed by atoms with Crippen molar-refractivity contribution in [3.8, 4) is 16.8 Å². The van der Waals surface area contributed by atoms with Gasteiger partial charge in [0, 0.05) is 19.7 Å². The predicted octanol–water partition coefficient (Wildman–Crippen LogP) is 3.25. The van der Waals surface area contributed by atoms with Crippen molar-refractivity contribution < 1.29 is 0 Å². The van der Waals surface area contributed by atoms with E-state index < -0.39 is 5.69 Å². The Morgan fingerprint density at radius 1 is 0.774 bits per heavy atom. The zero-order chi connectivity index (χ0) is 21.9. The molecule has 5 aromatic rings. The highest BCUT2D eigenvalue weighted by molar-refractivity contribution is 6.08. The fourth-order valence-corrected chi connectivity index (χ4v) is 4.08. The average molecular weight is 411 g/mol.